The number of phenols is 1. The number of phenolic OH excluding ortho intramolecular Hbond substituents is 1. The molecule has 2 aromatic rings. The van der Waals surface area contributed by atoms with Crippen LogP contribution in [-0.4, -0.2) is 38.2 Å². The number of ketones is 1. The van der Waals surface area contributed by atoms with Crippen LogP contribution in [0.15, 0.2) is 36.1 Å². The zero-order valence-electron chi connectivity index (χ0n) is 17.7. The highest BCUT2D eigenvalue weighted by Gasteiger charge is 2.33. The molecule has 2 aliphatic heterocycles. The second-order valence-electron chi connectivity index (χ2n) is 8.09. The Morgan fingerprint density at radius 2 is 2.07 bits per heavy atom. The average molecular weight is 410 g/mol. The Bertz CT molecular complexity index is 997. The van der Waals surface area contributed by atoms with Crippen molar-refractivity contribution in [1.29, 1.82) is 0 Å². The maximum Gasteiger partial charge on any atom is 0.231 e. The molecule has 1 saturated heterocycles. The van der Waals surface area contributed by atoms with E-state index in [1.807, 2.05) is 12.1 Å². The number of rotatable bonds is 5. The van der Waals surface area contributed by atoms with E-state index in [-0.39, 0.29) is 17.3 Å². The molecule has 6 nitrogen and oxygen atoms in total. The first-order chi connectivity index (χ1) is 14.5. The topological polar surface area (TPSA) is 69.4 Å². The van der Waals surface area contributed by atoms with E-state index in [0.29, 0.717) is 46.4 Å². The number of Topliss-reactive ketones (excluding diaryl/α,β-unsaturated/α-hetero) is 1. The van der Waals surface area contributed by atoms with E-state index in [1.54, 1.807) is 38.5 Å². The molecule has 6 heteroatoms. The van der Waals surface area contributed by atoms with Crippen LogP contribution in [0.5, 0.6) is 23.0 Å². The number of allylic oxidation sites excluding steroid dienone is 1. The number of ether oxygens (including phenoxy) is 3. The van der Waals surface area contributed by atoms with Gasteiger partial charge < -0.3 is 24.2 Å². The van der Waals surface area contributed by atoms with E-state index < -0.39 is 0 Å². The molecule has 0 aliphatic carbocycles. The molecule has 4 rings (SSSR count). The van der Waals surface area contributed by atoms with Gasteiger partial charge in [0.1, 0.15) is 12.3 Å². The third-order valence-corrected chi connectivity index (χ3v) is 5.93. The minimum absolute atomic E-state index is 0.174. The zero-order valence-corrected chi connectivity index (χ0v) is 17.7. The molecule has 2 aliphatic rings. The van der Waals surface area contributed by atoms with Gasteiger partial charge in [-0.2, -0.15) is 0 Å². The van der Waals surface area contributed by atoms with Gasteiger partial charge in [0.2, 0.25) is 5.78 Å². The number of piperidine rings is 1. The number of para-hydroxylation sites is 1. The maximum absolute atomic E-state index is 13.0. The summed E-state index contributed by atoms with van der Waals surface area (Å²) in [6, 6.07) is 8.70. The number of fused-ring (bicyclic) bond motifs is 1. The molecule has 0 aromatic heterocycles. The quantitative estimate of drug-likeness (QED) is 0.742. The number of carbonyl (C=O) groups is 1. The van der Waals surface area contributed by atoms with Crippen LogP contribution in [-0.2, 0) is 6.54 Å². The highest BCUT2D eigenvalue weighted by Crippen LogP contribution is 2.40. The molecule has 30 heavy (non-hydrogen) atoms. The molecule has 2 aromatic carbocycles. The Hall–Kier alpha value is -2.99. The normalized spacial score (nSPS) is 22.0. The minimum Gasteiger partial charge on any atom is -0.507 e. The lowest BCUT2D eigenvalue weighted by atomic mass is 9.99. The smallest absolute Gasteiger partial charge is 0.231 e. The van der Waals surface area contributed by atoms with E-state index in [4.69, 9.17) is 14.2 Å². The van der Waals surface area contributed by atoms with Crippen LogP contribution in [0.25, 0.3) is 6.08 Å². The molecule has 2 N–H and O–H groups in total. The van der Waals surface area contributed by atoms with E-state index in [1.165, 1.54) is 17.7 Å². The number of hydrogen-bond acceptors (Lipinski definition) is 5. The number of hydrogen-bond donors (Lipinski definition) is 2. The second-order valence-corrected chi connectivity index (χ2v) is 8.09. The first kappa shape index (κ1) is 20.3. The summed E-state index contributed by atoms with van der Waals surface area (Å²) in [4.78, 5) is 14.4. The predicted molar refractivity (Wildman–Crippen MR) is 113 cm³/mol. The van der Waals surface area contributed by atoms with Gasteiger partial charge in [0.15, 0.2) is 23.0 Å². The van der Waals surface area contributed by atoms with Gasteiger partial charge in [0.25, 0.3) is 0 Å². The lowest BCUT2D eigenvalue weighted by molar-refractivity contribution is -0.922. The molecular weight excluding hydrogens is 382 g/mol. The number of quaternary nitrogens is 1. The van der Waals surface area contributed by atoms with E-state index >= 15 is 0 Å². The largest absolute Gasteiger partial charge is 0.507 e. The van der Waals surface area contributed by atoms with E-state index in [0.717, 1.165) is 13.1 Å². The van der Waals surface area contributed by atoms with Crippen molar-refractivity contribution in [3.8, 4) is 23.0 Å². The lowest BCUT2D eigenvalue weighted by Gasteiger charge is -2.28. The van der Waals surface area contributed by atoms with Gasteiger partial charge in [-0.25, -0.2) is 0 Å². The molecule has 2 heterocycles. The number of benzene rings is 2. The summed E-state index contributed by atoms with van der Waals surface area (Å²) >= 11 is 0. The summed E-state index contributed by atoms with van der Waals surface area (Å²) in [6.07, 6.45) is 4.08. The standard InChI is InChI=1S/C24H27NO5/c1-15-6-5-11-25(13-15)14-18-19(26)10-9-17-22(27)21(30-24(17)18)12-16-7-4-8-20(28-2)23(16)29-3/h4,7-10,12,15,26H,5-6,11,13-14H2,1-3H3/p+1/b21-12-/t15-/m0/s1. The summed E-state index contributed by atoms with van der Waals surface area (Å²) in [5.74, 6) is 2.44. The molecule has 1 fully saturated rings. The predicted octanol–water partition coefficient (Wildman–Crippen LogP) is 2.84. The van der Waals surface area contributed by atoms with Crippen molar-refractivity contribution in [2.45, 2.75) is 26.3 Å². The van der Waals surface area contributed by atoms with Crippen LogP contribution in [0, 0.1) is 5.92 Å². The Kier molecular flexibility index (Phi) is 5.68. The van der Waals surface area contributed by atoms with Crippen molar-refractivity contribution < 1.29 is 29.0 Å². The first-order valence-electron chi connectivity index (χ1n) is 10.4. The van der Waals surface area contributed by atoms with Gasteiger partial charge in [0, 0.05) is 11.5 Å². The van der Waals surface area contributed by atoms with Gasteiger partial charge in [-0.1, -0.05) is 19.1 Å². The monoisotopic (exact) mass is 410 g/mol. The molecule has 0 saturated carbocycles. The van der Waals surface area contributed by atoms with Gasteiger partial charge >= 0.3 is 0 Å². The molecular formula is C24H28NO5+. The summed E-state index contributed by atoms with van der Waals surface area (Å²) < 4.78 is 16.8. The number of likely N-dealkylation sites (tertiary alicyclic amines) is 1. The number of aromatic hydroxyl groups is 1. The van der Waals surface area contributed by atoms with Crippen LogP contribution in [0.3, 0.4) is 0 Å². The van der Waals surface area contributed by atoms with E-state index in [9.17, 15) is 9.90 Å². The highest BCUT2D eigenvalue weighted by atomic mass is 16.5. The summed E-state index contributed by atoms with van der Waals surface area (Å²) in [6.45, 7) is 5.02. The van der Waals surface area contributed by atoms with E-state index in [2.05, 4.69) is 6.92 Å². The summed E-state index contributed by atoms with van der Waals surface area (Å²) in [7, 11) is 3.13. The highest BCUT2D eigenvalue weighted by molar-refractivity contribution is 6.15. The van der Waals surface area contributed by atoms with Crippen LogP contribution < -0.4 is 19.1 Å². The van der Waals surface area contributed by atoms with Crippen molar-refractivity contribution in [2.24, 2.45) is 5.92 Å². The SMILES string of the molecule is COc1cccc(/C=C2\Oc3c(ccc(O)c3C[NH+]3CCC[C@H](C)C3)C2=O)c1OC. The molecule has 0 spiro atoms. The lowest BCUT2D eigenvalue weighted by Crippen LogP contribution is -3.12. The fraction of sp³-hybridized carbons (Fsp3) is 0.375. The maximum atomic E-state index is 13.0. The minimum atomic E-state index is -0.196. The van der Waals surface area contributed by atoms with Crippen LogP contribution in [0.2, 0.25) is 0 Å². The van der Waals surface area contributed by atoms with Crippen molar-refractivity contribution in [1.82, 2.24) is 0 Å². The van der Waals surface area contributed by atoms with Crippen LogP contribution in [0.1, 0.15) is 41.3 Å². The fourth-order valence-corrected chi connectivity index (χ4v) is 4.44. The number of nitrogens with one attached hydrogen (secondary N) is 1. The van der Waals surface area contributed by atoms with Crippen molar-refractivity contribution in [3.05, 3.63) is 52.8 Å². The van der Waals surface area contributed by atoms with Crippen LogP contribution in [0.4, 0.5) is 0 Å². The van der Waals surface area contributed by atoms with Crippen molar-refractivity contribution in [2.75, 3.05) is 27.3 Å². The molecule has 2 atom stereocenters. The third-order valence-electron chi connectivity index (χ3n) is 5.93. The van der Waals surface area contributed by atoms with Crippen LogP contribution >= 0.6 is 0 Å². The molecule has 0 bridgehead atoms. The molecule has 0 amide bonds. The van der Waals surface area contributed by atoms with Gasteiger partial charge in [0.05, 0.1) is 38.4 Å². The Labute approximate surface area is 176 Å². The summed E-state index contributed by atoms with van der Waals surface area (Å²) in [5.41, 5.74) is 1.88. The number of methoxy groups -OCH3 is 2. The fourth-order valence-electron chi connectivity index (χ4n) is 4.44. The first-order valence-corrected chi connectivity index (χ1v) is 10.4. The second kappa shape index (κ2) is 8.40. The Morgan fingerprint density at radius 1 is 1.23 bits per heavy atom. The Balaban J connectivity index is 1.67. The van der Waals surface area contributed by atoms with Gasteiger partial charge in [-0.3, -0.25) is 4.79 Å². The molecule has 0 radical (unpaired) electrons. The third kappa shape index (κ3) is 3.75. The molecule has 1 unspecified atom stereocenters. The van der Waals surface area contributed by atoms with Crippen molar-refractivity contribution in [3.63, 3.8) is 0 Å². The zero-order chi connectivity index (χ0) is 21.3. The van der Waals surface area contributed by atoms with Gasteiger partial charge in [-0.15, -0.1) is 0 Å². The number of carbonyl (C=O) groups excluding carboxylic acids is 1. The van der Waals surface area contributed by atoms with Gasteiger partial charge in [-0.05, 0) is 37.1 Å². The van der Waals surface area contributed by atoms with Crippen molar-refractivity contribution >= 4 is 11.9 Å². The average Bonchev–Trinajstić information content (AvgIpc) is 3.05. The summed E-state index contributed by atoms with van der Waals surface area (Å²) in [5, 5.41) is 10.5. The Morgan fingerprint density at radius 3 is 2.80 bits per heavy atom. The molecule has 158 valence electrons.